The standard InChI is InChI=1S/C23H39N5O.HI/c1-5-24-23(25-15-12-22(29)27(6-2)7-3)26-18-20-8-10-21(11-9-20)28-16-13-19(4)14-17-28;/h8-11,19H,5-7,12-18H2,1-4H3,(H2,24,25,26);1H. The number of halogens is 1. The van der Waals surface area contributed by atoms with Crippen molar-refractivity contribution in [3.05, 3.63) is 29.8 Å². The molecule has 0 saturated carbocycles. The van der Waals surface area contributed by atoms with Gasteiger partial charge in [0, 0.05) is 51.4 Å². The molecule has 0 bridgehead atoms. The first kappa shape index (κ1) is 26.5. The number of piperidine rings is 1. The van der Waals surface area contributed by atoms with E-state index in [-0.39, 0.29) is 29.9 Å². The molecule has 1 saturated heterocycles. The normalized spacial score (nSPS) is 14.8. The topological polar surface area (TPSA) is 60.0 Å². The minimum absolute atomic E-state index is 0. The van der Waals surface area contributed by atoms with E-state index in [0.29, 0.717) is 19.5 Å². The number of nitrogens with zero attached hydrogens (tertiary/aromatic N) is 3. The van der Waals surface area contributed by atoms with Gasteiger partial charge in [-0.05, 0) is 57.2 Å². The van der Waals surface area contributed by atoms with Gasteiger partial charge in [0.05, 0.1) is 6.54 Å². The fraction of sp³-hybridized carbons (Fsp3) is 0.652. The molecule has 1 amide bonds. The second-order valence-electron chi connectivity index (χ2n) is 7.77. The molecule has 1 aromatic rings. The van der Waals surface area contributed by atoms with Crippen molar-refractivity contribution in [2.24, 2.45) is 10.9 Å². The van der Waals surface area contributed by atoms with Gasteiger partial charge < -0.3 is 20.4 Å². The summed E-state index contributed by atoms with van der Waals surface area (Å²) in [6, 6.07) is 8.77. The smallest absolute Gasteiger partial charge is 0.224 e. The van der Waals surface area contributed by atoms with Crippen LogP contribution in [0.15, 0.2) is 29.3 Å². The minimum atomic E-state index is 0. The van der Waals surface area contributed by atoms with Crippen molar-refractivity contribution in [3.63, 3.8) is 0 Å². The van der Waals surface area contributed by atoms with Gasteiger partial charge in [-0.25, -0.2) is 4.99 Å². The maximum atomic E-state index is 12.1. The summed E-state index contributed by atoms with van der Waals surface area (Å²) >= 11 is 0. The van der Waals surface area contributed by atoms with E-state index in [4.69, 9.17) is 0 Å². The Labute approximate surface area is 199 Å². The Kier molecular flexibility index (Phi) is 12.8. The molecule has 0 aliphatic carbocycles. The van der Waals surface area contributed by atoms with Crippen molar-refractivity contribution in [1.29, 1.82) is 0 Å². The Morgan fingerprint density at radius 1 is 1.10 bits per heavy atom. The average molecular weight is 530 g/mol. The fourth-order valence-corrected chi connectivity index (χ4v) is 3.61. The summed E-state index contributed by atoms with van der Waals surface area (Å²) in [4.78, 5) is 21.1. The average Bonchev–Trinajstić information content (AvgIpc) is 2.74. The van der Waals surface area contributed by atoms with Gasteiger partial charge in [-0.2, -0.15) is 0 Å². The molecule has 6 nitrogen and oxygen atoms in total. The van der Waals surface area contributed by atoms with Crippen LogP contribution in [0.2, 0.25) is 0 Å². The Morgan fingerprint density at radius 3 is 2.30 bits per heavy atom. The summed E-state index contributed by atoms with van der Waals surface area (Å²) in [5.74, 6) is 1.79. The molecule has 1 heterocycles. The molecule has 1 aliphatic heterocycles. The first-order valence-electron chi connectivity index (χ1n) is 11.2. The monoisotopic (exact) mass is 529 g/mol. The molecular formula is C23H40IN5O. The Hall–Kier alpha value is -1.51. The number of rotatable bonds is 9. The molecule has 0 atom stereocenters. The summed E-state index contributed by atoms with van der Waals surface area (Å²) in [6.07, 6.45) is 3.04. The second kappa shape index (κ2) is 14.5. The molecule has 2 rings (SSSR count). The summed E-state index contributed by atoms with van der Waals surface area (Å²) in [7, 11) is 0. The molecule has 0 spiro atoms. The third-order valence-electron chi connectivity index (χ3n) is 5.60. The summed E-state index contributed by atoms with van der Waals surface area (Å²) in [5, 5.41) is 6.53. The van der Waals surface area contributed by atoms with Crippen LogP contribution in [0.4, 0.5) is 5.69 Å². The van der Waals surface area contributed by atoms with Gasteiger partial charge in [-0.15, -0.1) is 24.0 Å². The molecule has 0 aromatic heterocycles. The summed E-state index contributed by atoms with van der Waals surface area (Å²) in [6.45, 7) is 14.2. The number of nitrogens with one attached hydrogen (secondary N) is 2. The van der Waals surface area contributed by atoms with Crippen LogP contribution in [0, 0.1) is 5.92 Å². The maximum Gasteiger partial charge on any atom is 0.224 e. The van der Waals surface area contributed by atoms with E-state index < -0.39 is 0 Å². The van der Waals surface area contributed by atoms with Crippen molar-refractivity contribution < 1.29 is 4.79 Å². The van der Waals surface area contributed by atoms with E-state index in [9.17, 15) is 4.79 Å². The van der Waals surface area contributed by atoms with Crippen LogP contribution in [0.3, 0.4) is 0 Å². The van der Waals surface area contributed by atoms with E-state index in [1.165, 1.54) is 24.1 Å². The Morgan fingerprint density at radius 2 is 1.73 bits per heavy atom. The van der Waals surface area contributed by atoms with Crippen molar-refractivity contribution in [3.8, 4) is 0 Å². The number of benzene rings is 1. The molecule has 1 fully saturated rings. The number of hydrogen-bond acceptors (Lipinski definition) is 3. The van der Waals surface area contributed by atoms with Crippen molar-refractivity contribution >= 4 is 41.5 Å². The predicted octanol–water partition coefficient (Wildman–Crippen LogP) is 3.85. The van der Waals surface area contributed by atoms with E-state index >= 15 is 0 Å². The van der Waals surface area contributed by atoms with E-state index in [1.54, 1.807) is 0 Å². The molecule has 7 heteroatoms. The van der Waals surface area contributed by atoms with Crippen LogP contribution in [0.25, 0.3) is 0 Å². The van der Waals surface area contributed by atoms with Crippen LogP contribution >= 0.6 is 24.0 Å². The van der Waals surface area contributed by atoms with Crippen LogP contribution in [0.5, 0.6) is 0 Å². The molecule has 170 valence electrons. The highest BCUT2D eigenvalue weighted by atomic mass is 127. The summed E-state index contributed by atoms with van der Waals surface area (Å²) < 4.78 is 0. The predicted molar refractivity (Wildman–Crippen MR) is 138 cm³/mol. The highest BCUT2D eigenvalue weighted by Crippen LogP contribution is 2.23. The number of hydrogen-bond donors (Lipinski definition) is 2. The number of aliphatic imine (C=N–C) groups is 1. The van der Waals surface area contributed by atoms with Crippen LogP contribution in [-0.4, -0.2) is 56.0 Å². The van der Waals surface area contributed by atoms with E-state index in [2.05, 4.69) is 51.7 Å². The van der Waals surface area contributed by atoms with Gasteiger partial charge in [0.15, 0.2) is 5.96 Å². The van der Waals surface area contributed by atoms with Crippen LogP contribution < -0.4 is 15.5 Å². The zero-order chi connectivity index (χ0) is 21.1. The fourth-order valence-electron chi connectivity index (χ4n) is 3.61. The molecule has 30 heavy (non-hydrogen) atoms. The first-order chi connectivity index (χ1) is 14.1. The molecule has 2 N–H and O–H groups in total. The second-order valence-corrected chi connectivity index (χ2v) is 7.77. The highest BCUT2D eigenvalue weighted by Gasteiger charge is 2.15. The van der Waals surface area contributed by atoms with Gasteiger partial charge in [-0.3, -0.25) is 4.79 Å². The Balaban J connectivity index is 0.00000450. The first-order valence-corrected chi connectivity index (χ1v) is 11.2. The lowest BCUT2D eigenvalue weighted by molar-refractivity contribution is -0.130. The van der Waals surface area contributed by atoms with E-state index in [1.807, 2.05) is 25.7 Å². The lowest BCUT2D eigenvalue weighted by Gasteiger charge is -2.32. The van der Waals surface area contributed by atoms with E-state index in [0.717, 1.165) is 44.6 Å². The number of amides is 1. The molecule has 0 radical (unpaired) electrons. The molecular weight excluding hydrogens is 489 g/mol. The van der Waals surface area contributed by atoms with Crippen molar-refractivity contribution in [2.75, 3.05) is 44.2 Å². The Bertz CT molecular complexity index is 637. The zero-order valence-corrected chi connectivity index (χ0v) is 21.4. The third kappa shape index (κ3) is 8.70. The summed E-state index contributed by atoms with van der Waals surface area (Å²) in [5.41, 5.74) is 2.50. The number of anilines is 1. The lowest BCUT2D eigenvalue weighted by atomic mass is 9.99. The van der Waals surface area contributed by atoms with Gasteiger partial charge in [0.25, 0.3) is 0 Å². The van der Waals surface area contributed by atoms with Gasteiger partial charge in [0.1, 0.15) is 0 Å². The van der Waals surface area contributed by atoms with Crippen LogP contribution in [0.1, 0.15) is 52.5 Å². The van der Waals surface area contributed by atoms with Crippen LogP contribution in [-0.2, 0) is 11.3 Å². The maximum absolute atomic E-state index is 12.1. The SMILES string of the molecule is CCNC(=NCc1ccc(N2CCC(C)CC2)cc1)NCCC(=O)N(CC)CC.I. The number of guanidine groups is 1. The van der Waals surface area contributed by atoms with Crippen molar-refractivity contribution in [1.82, 2.24) is 15.5 Å². The quantitative estimate of drug-likeness (QED) is 0.290. The highest BCUT2D eigenvalue weighted by molar-refractivity contribution is 14.0. The van der Waals surface area contributed by atoms with Gasteiger partial charge in [0.2, 0.25) is 5.91 Å². The molecule has 1 aliphatic rings. The van der Waals surface area contributed by atoms with Gasteiger partial charge in [-0.1, -0.05) is 19.1 Å². The van der Waals surface area contributed by atoms with Gasteiger partial charge >= 0.3 is 0 Å². The minimum Gasteiger partial charge on any atom is -0.372 e. The third-order valence-corrected chi connectivity index (χ3v) is 5.60. The largest absolute Gasteiger partial charge is 0.372 e. The lowest BCUT2D eigenvalue weighted by Crippen LogP contribution is -2.40. The number of carbonyl (C=O) groups is 1. The zero-order valence-electron chi connectivity index (χ0n) is 19.1. The number of carbonyl (C=O) groups excluding carboxylic acids is 1. The molecule has 1 aromatic carbocycles. The molecule has 0 unspecified atom stereocenters. The van der Waals surface area contributed by atoms with Crippen molar-refractivity contribution in [2.45, 2.75) is 53.5 Å².